The van der Waals surface area contributed by atoms with Crippen LogP contribution in [-0.2, 0) is 9.53 Å². The molecule has 1 aliphatic rings. The summed E-state index contributed by atoms with van der Waals surface area (Å²) in [6.45, 7) is 1.47. The van der Waals surface area contributed by atoms with E-state index in [4.69, 9.17) is 21.3 Å². The third-order valence-electron chi connectivity index (χ3n) is 5.12. The molecule has 152 valence electrons. The van der Waals surface area contributed by atoms with Gasteiger partial charge in [-0.3, -0.25) is 4.79 Å². The van der Waals surface area contributed by atoms with Gasteiger partial charge >= 0.3 is 0 Å². The molecule has 1 aromatic heterocycles. The van der Waals surface area contributed by atoms with Crippen molar-refractivity contribution < 1.29 is 9.53 Å². The molecule has 31 heavy (non-hydrogen) atoms. The van der Waals surface area contributed by atoms with Crippen LogP contribution in [0.25, 0.3) is 22.2 Å². The van der Waals surface area contributed by atoms with E-state index >= 15 is 0 Å². The van der Waals surface area contributed by atoms with Crippen LogP contribution >= 0.6 is 11.6 Å². The summed E-state index contributed by atoms with van der Waals surface area (Å²) in [5.41, 5.74) is 4.14. The third-order valence-corrected chi connectivity index (χ3v) is 5.36. The van der Waals surface area contributed by atoms with Gasteiger partial charge in [0.1, 0.15) is 0 Å². The molecule has 3 aromatic carbocycles. The SMILES string of the molecule is CC(=O)N1N=C(c2cccc(Cl)c2)O[C@H]1c1cc(-c2ccccc2)nc2ccccc12. The number of hydrazone groups is 1. The number of carbonyl (C=O) groups is 1. The zero-order chi connectivity index (χ0) is 21.4. The number of amides is 1. The Morgan fingerprint density at radius 3 is 2.45 bits per heavy atom. The topological polar surface area (TPSA) is 54.8 Å². The van der Waals surface area contributed by atoms with Crippen molar-refractivity contribution >= 4 is 34.3 Å². The second-order valence-corrected chi connectivity index (χ2v) is 7.67. The Bertz CT molecular complexity index is 1320. The van der Waals surface area contributed by atoms with E-state index in [9.17, 15) is 4.79 Å². The second kappa shape index (κ2) is 7.85. The summed E-state index contributed by atoms with van der Waals surface area (Å²) in [5.74, 6) is 0.133. The molecular formula is C25H18ClN3O2. The van der Waals surface area contributed by atoms with E-state index in [1.807, 2.05) is 72.8 Å². The highest BCUT2D eigenvalue weighted by Crippen LogP contribution is 2.36. The number of para-hydroxylation sites is 1. The minimum absolute atomic E-state index is 0.218. The zero-order valence-electron chi connectivity index (χ0n) is 16.7. The average molecular weight is 428 g/mol. The molecule has 4 aromatic rings. The van der Waals surface area contributed by atoms with Gasteiger partial charge in [-0.15, -0.1) is 5.10 Å². The lowest BCUT2D eigenvalue weighted by molar-refractivity contribution is -0.135. The number of halogens is 1. The van der Waals surface area contributed by atoms with Crippen LogP contribution in [0.3, 0.4) is 0 Å². The Kier molecular flexibility index (Phi) is 4.88. The van der Waals surface area contributed by atoms with Gasteiger partial charge in [0.2, 0.25) is 18.0 Å². The van der Waals surface area contributed by atoms with Gasteiger partial charge in [0.25, 0.3) is 0 Å². The number of fused-ring (bicyclic) bond motifs is 1. The van der Waals surface area contributed by atoms with Crippen molar-refractivity contribution in [2.75, 3.05) is 0 Å². The Balaban J connectivity index is 1.65. The number of nitrogens with zero attached hydrogens (tertiary/aromatic N) is 3. The van der Waals surface area contributed by atoms with Crippen LogP contribution in [0.5, 0.6) is 0 Å². The lowest BCUT2D eigenvalue weighted by atomic mass is 10.0. The number of aromatic nitrogens is 1. The van der Waals surface area contributed by atoms with Crippen molar-refractivity contribution in [3.05, 3.63) is 101 Å². The summed E-state index contributed by atoms with van der Waals surface area (Å²) in [5, 5.41) is 7.31. The molecule has 0 N–H and O–H groups in total. The van der Waals surface area contributed by atoms with E-state index in [0.29, 0.717) is 16.5 Å². The van der Waals surface area contributed by atoms with Crippen LogP contribution in [0.2, 0.25) is 5.02 Å². The first kappa shape index (κ1) is 19.3. The highest BCUT2D eigenvalue weighted by atomic mass is 35.5. The van der Waals surface area contributed by atoms with E-state index in [2.05, 4.69) is 5.10 Å². The van der Waals surface area contributed by atoms with E-state index in [0.717, 1.165) is 27.7 Å². The molecule has 0 unspecified atom stereocenters. The number of hydrogen-bond acceptors (Lipinski definition) is 4. The third kappa shape index (κ3) is 3.64. The first-order valence-electron chi connectivity index (χ1n) is 9.86. The van der Waals surface area contributed by atoms with Gasteiger partial charge in [-0.05, 0) is 30.3 Å². The molecule has 5 nitrogen and oxygen atoms in total. The Hall–Kier alpha value is -3.70. The van der Waals surface area contributed by atoms with Crippen LogP contribution in [0.15, 0.2) is 90.0 Å². The van der Waals surface area contributed by atoms with E-state index < -0.39 is 6.23 Å². The van der Waals surface area contributed by atoms with E-state index in [1.54, 1.807) is 12.1 Å². The fraction of sp³-hybridized carbons (Fsp3) is 0.0800. The standard InChI is InChI=1S/C25H18ClN3O2/c1-16(30)29-25(31-24(28-29)18-10-7-11-19(26)14-18)21-15-23(17-8-3-2-4-9-17)27-22-13-6-5-12-20(21)22/h2-15,25H,1H3/t25-/m0/s1. The Morgan fingerprint density at radius 2 is 1.68 bits per heavy atom. The molecule has 0 aliphatic carbocycles. The number of carbonyl (C=O) groups excluding carboxylic acids is 1. The predicted molar refractivity (Wildman–Crippen MR) is 122 cm³/mol. The van der Waals surface area contributed by atoms with Crippen LogP contribution in [0.1, 0.15) is 24.3 Å². The lowest BCUT2D eigenvalue weighted by Gasteiger charge is -2.21. The summed E-state index contributed by atoms with van der Waals surface area (Å²) >= 11 is 6.14. The largest absolute Gasteiger partial charge is 0.446 e. The van der Waals surface area contributed by atoms with Crippen molar-refractivity contribution in [3.63, 3.8) is 0 Å². The molecule has 0 spiro atoms. The average Bonchev–Trinajstić information content (AvgIpc) is 3.25. The molecule has 0 saturated heterocycles. The smallest absolute Gasteiger partial charge is 0.243 e. The molecule has 1 aliphatic heterocycles. The van der Waals surface area contributed by atoms with Gasteiger partial charge in [0.15, 0.2) is 0 Å². The maximum absolute atomic E-state index is 12.5. The lowest BCUT2D eigenvalue weighted by Crippen LogP contribution is -2.25. The fourth-order valence-electron chi connectivity index (χ4n) is 3.67. The van der Waals surface area contributed by atoms with Gasteiger partial charge in [-0.25, -0.2) is 4.98 Å². The van der Waals surface area contributed by atoms with Crippen molar-refractivity contribution in [2.24, 2.45) is 5.10 Å². The molecule has 1 atom stereocenters. The highest BCUT2D eigenvalue weighted by molar-refractivity contribution is 6.31. The fourth-order valence-corrected chi connectivity index (χ4v) is 3.86. The first-order valence-corrected chi connectivity index (χ1v) is 10.2. The summed E-state index contributed by atoms with van der Waals surface area (Å²) in [6.07, 6.45) is -0.707. The molecule has 5 rings (SSSR count). The Labute approximate surface area is 184 Å². The molecule has 0 radical (unpaired) electrons. The molecule has 2 heterocycles. The molecule has 0 bridgehead atoms. The van der Waals surface area contributed by atoms with Crippen LogP contribution in [0, 0.1) is 0 Å². The highest BCUT2D eigenvalue weighted by Gasteiger charge is 2.34. The van der Waals surface area contributed by atoms with Crippen LogP contribution in [0.4, 0.5) is 0 Å². The monoisotopic (exact) mass is 427 g/mol. The summed E-state index contributed by atoms with van der Waals surface area (Å²) < 4.78 is 6.23. The van der Waals surface area contributed by atoms with E-state index in [-0.39, 0.29) is 5.91 Å². The van der Waals surface area contributed by atoms with Gasteiger partial charge in [0.05, 0.1) is 11.2 Å². The quantitative estimate of drug-likeness (QED) is 0.415. The van der Waals surface area contributed by atoms with Crippen molar-refractivity contribution in [3.8, 4) is 11.3 Å². The van der Waals surface area contributed by atoms with Gasteiger partial charge in [-0.1, -0.05) is 66.2 Å². The normalized spacial score (nSPS) is 15.6. The molecule has 0 saturated carbocycles. The van der Waals surface area contributed by atoms with Gasteiger partial charge in [-0.2, -0.15) is 5.01 Å². The first-order chi connectivity index (χ1) is 15.1. The Morgan fingerprint density at radius 1 is 0.935 bits per heavy atom. The zero-order valence-corrected chi connectivity index (χ0v) is 17.5. The molecule has 0 fully saturated rings. The van der Waals surface area contributed by atoms with Crippen LogP contribution in [-0.4, -0.2) is 21.8 Å². The van der Waals surface area contributed by atoms with Gasteiger partial charge < -0.3 is 4.74 Å². The van der Waals surface area contributed by atoms with Crippen molar-refractivity contribution in [1.29, 1.82) is 0 Å². The minimum atomic E-state index is -0.707. The molecule has 1 amide bonds. The predicted octanol–water partition coefficient (Wildman–Crippen LogP) is 5.79. The number of ether oxygens (including phenoxy) is 1. The maximum atomic E-state index is 12.5. The van der Waals surface area contributed by atoms with Crippen molar-refractivity contribution in [2.45, 2.75) is 13.2 Å². The molecule has 6 heteroatoms. The second-order valence-electron chi connectivity index (χ2n) is 7.23. The summed E-state index contributed by atoms with van der Waals surface area (Å²) in [6, 6.07) is 26.9. The summed E-state index contributed by atoms with van der Waals surface area (Å²) in [4.78, 5) is 17.3. The van der Waals surface area contributed by atoms with Crippen molar-refractivity contribution in [1.82, 2.24) is 9.99 Å². The number of rotatable bonds is 3. The molecular weight excluding hydrogens is 410 g/mol. The maximum Gasteiger partial charge on any atom is 0.243 e. The minimum Gasteiger partial charge on any atom is -0.446 e. The van der Waals surface area contributed by atoms with E-state index in [1.165, 1.54) is 11.9 Å². The van der Waals surface area contributed by atoms with Gasteiger partial charge in [0, 0.05) is 34.0 Å². The summed E-state index contributed by atoms with van der Waals surface area (Å²) in [7, 11) is 0. The number of hydrogen-bond donors (Lipinski definition) is 0. The van der Waals surface area contributed by atoms with Crippen LogP contribution < -0.4 is 0 Å². The number of benzene rings is 3. The number of pyridine rings is 1.